The van der Waals surface area contributed by atoms with Gasteiger partial charge < -0.3 is 36.9 Å². The number of benzene rings is 2. The minimum Gasteiger partial charge on any atom is -0.481 e. The lowest BCUT2D eigenvalue weighted by Crippen LogP contribution is -2.57. The van der Waals surface area contributed by atoms with Crippen LogP contribution in [0.1, 0.15) is 17.5 Å². The summed E-state index contributed by atoms with van der Waals surface area (Å²) in [6.45, 7) is -0.360. The molecule has 1 aromatic heterocycles. The minimum absolute atomic E-state index is 0.0114. The zero-order chi connectivity index (χ0) is 27.7. The summed E-state index contributed by atoms with van der Waals surface area (Å²) in [7, 11) is 0. The van der Waals surface area contributed by atoms with E-state index in [1.54, 1.807) is 36.5 Å². The monoisotopic (exact) mass is 523 g/mol. The molecule has 12 nitrogen and oxygen atoms in total. The van der Waals surface area contributed by atoms with Gasteiger partial charge in [0.25, 0.3) is 0 Å². The molecule has 12 heteroatoms. The first-order chi connectivity index (χ1) is 18.2. The van der Waals surface area contributed by atoms with Crippen molar-refractivity contribution in [2.24, 2.45) is 5.73 Å². The van der Waals surface area contributed by atoms with Crippen LogP contribution in [0.4, 0.5) is 0 Å². The van der Waals surface area contributed by atoms with Gasteiger partial charge in [0.1, 0.15) is 18.1 Å². The lowest BCUT2D eigenvalue weighted by atomic mass is 10.0. The maximum atomic E-state index is 13.4. The highest BCUT2D eigenvalue weighted by Gasteiger charge is 2.31. The Labute approximate surface area is 217 Å². The molecule has 0 fully saturated rings. The number of amides is 3. The lowest BCUT2D eigenvalue weighted by Gasteiger charge is -2.24. The quantitative estimate of drug-likeness (QED) is 0.161. The zero-order valence-corrected chi connectivity index (χ0v) is 20.3. The van der Waals surface area contributed by atoms with E-state index in [-0.39, 0.29) is 19.4 Å². The van der Waals surface area contributed by atoms with E-state index < -0.39 is 54.2 Å². The predicted octanol–water partition coefficient (Wildman–Crippen LogP) is -0.0745. The number of H-pyrrole nitrogens is 1. The molecule has 0 saturated heterocycles. The normalized spacial score (nSPS) is 13.2. The number of nitrogens with one attached hydrogen (secondary N) is 4. The van der Waals surface area contributed by atoms with Crippen LogP contribution in [0.3, 0.4) is 0 Å². The summed E-state index contributed by atoms with van der Waals surface area (Å²) in [6.07, 6.45) is 0.945. The topological polar surface area (TPSA) is 204 Å². The second kappa shape index (κ2) is 13.0. The molecule has 3 unspecified atom stereocenters. The first kappa shape index (κ1) is 27.9. The molecule has 3 atom stereocenters. The molecule has 0 saturated carbocycles. The predicted molar refractivity (Wildman–Crippen MR) is 137 cm³/mol. The standard InChI is InChI=1S/C26H29N5O7/c27-13-22(32)29-20(11-16-14-28-18-9-5-4-8-17(16)18)25(36)30-19(10-15-6-2-1-3-7-15)24(35)31-21(26(37)38)12-23(33)34/h1-9,14,19-21,28H,10-13,27H2,(H,29,32)(H,30,36)(H,31,35)(H,33,34)(H,37,38). The van der Waals surface area contributed by atoms with Crippen molar-refractivity contribution in [2.45, 2.75) is 37.4 Å². The van der Waals surface area contributed by atoms with Crippen LogP contribution in [0.25, 0.3) is 10.9 Å². The van der Waals surface area contributed by atoms with Gasteiger partial charge in [-0.1, -0.05) is 48.5 Å². The van der Waals surface area contributed by atoms with Crippen molar-refractivity contribution < 1.29 is 34.2 Å². The van der Waals surface area contributed by atoms with E-state index in [2.05, 4.69) is 20.9 Å². The second-order valence-electron chi connectivity index (χ2n) is 8.64. The van der Waals surface area contributed by atoms with Gasteiger partial charge >= 0.3 is 11.9 Å². The highest BCUT2D eigenvalue weighted by Crippen LogP contribution is 2.19. The molecule has 3 amide bonds. The van der Waals surface area contributed by atoms with Gasteiger partial charge in [-0.3, -0.25) is 19.2 Å². The van der Waals surface area contributed by atoms with Crippen LogP contribution in [-0.2, 0) is 36.8 Å². The van der Waals surface area contributed by atoms with Crippen molar-refractivity contribution in [2.75, 3.05) is 6.54 Å². The summed E-state index contributed by atoms with van der Waals surface area (Å²) in [4.78, 5) is 64.3. The Hall–Kier alpha value is -4.71. The number of fused-ring (bicyclic) bond motifs is 1. The fourth-order valence-electron chi connectivity index (χ4n) is 3.96. The lowest BCUT2D eigenvalue weighted by molar-refractivity contribution is -0.147. The molecule has 0 bridgehead atoms. The first-order valence-corrected chi connectivity index (χ1v) is 11.8. The third kappa shape index (κ3) is 7.64. The van der Waals surface area contributed by atoms with E-state index in [0.717, 1.165) is 16.5 Å². The fourth-order valence-corrected chi connectivity index (χ4v) is 3.96. The molecule has 38 heavy (non-hydrogen) atoms. The number of aliphatic carboxylic acids is 2. The Morgan fingerprint density at radius 2 is 1.39 bits per heavy atom. The van der Waals surface area contributed by atoms with Crippen LogP contribution in [0.2, 0.25) is 0 Å². The number of hydrogen-bond acceptors (Lipinski definition) is 6. The molecule has 200 valence electrons. The number of para-hydroxylation sites is 1. The number of nitrogens with two attached hydrogens (primary N) is 1. The van der Waals surface area contributed by atoms with Crippen LogP contribution >= 0.6 is 0 Å². The number of aromatic nitrogens is 1. The molecule has 0 radical (unpaired) electrons. The van der Waals surface area contributed by atoms with Gasteiger partial charge in [-0.2, -0.15) is 0 Å². The smallest absolute Gasteiger partial charge is 0.326 e. The van der Waals surface area contributed by atoms with Crippen molar-refractivity contribution >= 4 is 40.6 Å². The number of carbonyl (C=O) groups excluding carboxylic acids is 3. The maximum absolute atomic E-state index is 13.4. The SMILES string of the molecule is NCC(=O)NC(Cc1c[nH]c2ccccc12)C(=O)NC(Cc1ccccc1)C(=O)NC(CC(=O)O)C(=O)O. The first-order valence-electron chi connectivity index (χ1n) is 11.8. The van der Waals surface area contributed by atoms with E-state index in [1.165, 1.54) is 0 Å². The molecule has 0 aliphatic rings. The third-order valence-electron chi connectivity index (χ3n) is 5.85. The van der Waals surface area contributed by atoms with E-state index in [9.17, 15) is 29.1 Å². The van der Waals surface area contributed by atoms with Crippen LogP contribution in [0.5, 0.6) is 0 Å². The van der Waals surface area contributed by atoms with Gasteiger partial charge in [-0.05, 0) is 17.2 Å². The second-order valence-corrected chi connectivity index (χ2v) is 8.64. The maximum Gasteiger partial charge on any atom is 0.326 e. The van der Waals surface area contributed by atoms with E-state index in [0.29, 0.717) is 5.56 Å². The minimum atomic E-state index is -1.70. The Morgan fingerprint density at radius 1 is 0.789 bits per heavy atom. The van der Waals surface area contributed by atoms with Gasteiger partial charge in [-0.15, -0.1) is 0 Å². The fraction of sp³-hybridized carbons (Fsp3) is 0.269. The molecule has 3 rings (SSSR count). The van der Waals surface area contributed by atoms with Gasteiger partial charge in [0, 0.05) is 29.9 Å². The molecule has 8 N–H and O–H groups in total. The van der Waals surface area contributed by atoms with Crippen LogP contribution in [-0.4, -0.2) is 69.5 Å². The number of rotatable bonds is 13. The molecule has 0 aliphatic heterocycles. The molecule has 2 aromatic carbocycles. The number of carboxylic acid groups (broad SMARTS) is 2. The van der Waals surface area contributed by atoms with Crippen molar-refractivity contribution in [1.82, 2.24) is 20.9 Å². The average molecular weight is 524 g/mol. The average Bonchev–Trinajstić information content (AvgIpc) is 3.30. The van der Waals surface area contributed by atoms with Gasteiger partial charge in [0.2, 0.25) is 17.7 Å². The zero-order valence-electron chi connectivity index (χ0n) is 20.3. The third-order valence-corrected chi connectivity index (χ3v) is 5.85. The highest BCUT2D eigenvalue weighted by atomic mass is 16.4. The number of aromatic amines is 1. The summed E-state index contributed by atoms with van der Waals surface area (Å²) < 4.78 is 0. The molecular weight excluding hydrogens is 494 g/mol. The van der Waals surface area contributed by atoms with Crippen LogP contribution in [0, 0.1) is 0 Å². The largest absolute Gasteiger partial charge is 0.481 e. The van der Waals surface area contributed by atoms with E-state index in [4.69, 9.17) is 10.8 Å². The molecule has 0 aliphatic carbocycles. The van der Waals surface area contributed by atoms with Crippen molar-refractivity contribution in [3.8, 4) is 0 Å². The van der Waals surface area contributed by atoms with Crippen LogP contribution < -0.4 is 21.7 Å². The van der Waals surface area contributed by atoms with E-state index in [1.807, 2.05) is 24.3 Å². The molecular formula is C26H29N5O7. The number of hydrogen-bond donors (Lipinski definition) is 7. The van der Waals surface area contributed by atoms with Crippen LogP contribution in [0.15, 0.2) is 60.8 Å². The number of carboxylic acids is 2. The molecule has 0 spiro atoms. The molecule has 3 aromatic rings. The summed E-state index contributed by atoms with van der Waals surface area (Å²) in [5.74, 6) is -5.10. The Morgan fingerprint density at radius 3 is 2.03 bits per heavy atom. The summed E-state index contributed by atoms with van der Waals surface area (Å²) >= 11 is 0. The van der Waals surface area contributed by atoms with Gasteiger partial charge in [0.15, 0.2) is 0 Å². The summed E-state index contributed by atoms with van der Waals surface area (Å²) in [5.41, 5.74) is 7.69. The Bertz CT molecular complexity index is 1310. The van der Waals surface area contributed by atoms with Crippen molar-refractivity contribution in [3.05, 3.63) is 71.9 Å². The Kier molecular flexibility index (Phi) is 9.54. The van der Waals surface area contributed by atoms with Crippen molar-refractivity contribution in [1.29, 1.82) is 0 Å². The Balaban J connectivity index is 1.85. The summed E-state index contributed by atoms with van der Waals surface area (Å²) in [5, 5.41) is 26.6. The van der Waals surface area contributed by atoms with Gasteiger partial charge in [0.05, 0.1) is 13.0 Å². The highest BCUT2D eigenvalue weighted by molar-refractivity contribution is 5.95. The molecule has 1 heterocycles. The number of carbonyl (C=O) groups is 5. The summed E-state index contributed by atoms with van der Waals surface area (Å²) in [6, 6.07) is 12.0. The van der Waals surface area contributed by atoms with E-state index >= 15 is 0 Å². The van der Waals surface area contributed by atoms with Crippen molar-refractivity contribution in [3.63, 3.8) is 0 Å². The van der Waals surface area contributed by atoms with Gasteiger partial charge in [-0.25, -0.2) is 4.79 Å².